The van der Waals surface area contributed by atoms with Crippen molar-refractivity contribution in [3.8, 4) is 6.07 Å². The van der Waals surface area contributed by atoms with Crippen LogP contribution in [0.2, 0.25) is 0 Å². The van der Waals surface area contributed by atoms with Gasteiger partial charge in [-0.2, -0.15) is 5.26 Å². The zero-order chi connectivity index (χ0) is 10.4. The van der Waals surface area contributed by atoms with Crippen LogP contribution in [0.5, 0.6) is 0 Å². The molecule has 1 aromatic rings. The van der Waals surface area contributed by atoms with Gasteiger partial charge >= 0.3 is 0 Å². The van der Waals surface area contributed by atoms with Gasteiger partial charge in [-0.15, -0.1) is 0 Å². The minimum Gasteiger partial charge on any atom is -0.317 e. The molecule has 74 valence electrons. The number of rotatable bonds is 4. The van der Waals surface area contributed by atoms with Crippen LogP contribution >= 0.6 is 0 Å². The predicted molar refractivity (Wildman–Crippen MR) is 53.4 cm³/mol. The van der Waals surface area contributed by atoms with Gasteiger partial charge in [0.1, 0.15) is 11.9 Å². The third kappa shape index (κ3) is 2.82. The van der Waals surface area contributed by atoms with Crippen LogP contribution in [0.1, 0.15) is 18.1 Å². The standard InChI is InChI=1S/C11H13FN2/c1-2-14-6-5-9-3-4-11(12)10(7-9)8-13/h3-4,7,14H,2,5-6H2,1H3. The quantitative estimate of drug-likeness (QED) is 0.739. The number of likely N-dealkylation sites (N-methyl/N-ethyl adjacent to an activating group) is 1. The van der Waals surface area contributed by atoms with E-state index in [9.17, 15) is 4.39 Å². The molecule has 1 aromatic carbocycles. The number of nitrogens with zero attached hydrogens (tertiary/aromatic N) is 1. The lowest BCUT2D eigenvalue weighted by molar-refractivity contribution is 0.622. The Labute approximate surface area is 83.4 Å². The summed E-state index contributed by atoms with van der Waals surface area (Å²) in [6.45, 7) is 3.81. The van der Waals surface area contributed by atoms with Crippen molar-refractivity contribution in [3.05, 3.63) is 35.1 Å². The maximum absolute atomic E-state index is 12.9. The molecule has 2 nitrogen and oxygen atoms in total. The molecule has 0 spiro atoms. The second-order valence-electron chi connectivity index (χ2n) is 3.03. The fourth-order valence-electron chi connectivity index (χ4n) is 1.22. The molecule has 0 fully saturated rings. The van der Waals surface area contributed by atoms with E-state index >= 15 is 0 Å². The molecule has 0 unspecified atom stereocenters. The Morgan fingerprint density at radius 1 is 1.50 bits per heavy atom. The Balaban J connectivity index is 2.66. The Morgan fingerprint density at radius 2 is 2.29 bits per heavy atom. The summed E-state index contributed by atoms with van der Waals surface area (Å²) in [5.41, 5.74) is 1.11. The van der Waals surface area contributed by atoms with Gasteiger partial charge < -0.3 is 5.32 Å². The van der Waals surface area contributed by atoms with Crippen LogP contribution in [0.3, 0.4) is 0 Å². The van der Waals surface area contributed by atoms with E-state index in [2.05, 4.69) is 5.32 Å². The third-order valence-electron chi connectivity index (χ3n) is 1.99. The molecule has 0 aromatic heterocycles. The first-order chi connectivity index (χ1) is 6.77. The second-order valence-corrected chi connectivity index (χ2v) is 3.03. The summed E-state index contributed by atoms with van der Waals surface area (Å²) in [5.74, 6) is -0.445. The molecule has 3 heteroatoms. The summed E-state index contributed by atoms with van der Waals surface area (Å²) >= 11 is 0. The molecule has 0 aliphatic rings. The van der Waals surface area contributed by atoms with E-state index in [1.807, 2.05) is 13.0 Å². The van der Waals surface area contributed by atoms with Crippen LogP contribution in [-0.4, -0.2) is 13.1 Å². The smallest absolute Gasteiger partial charge is 0.140 e. The van der Waals surface area contributed by atoms with Gasteiger partial charge in [0.2, 0.25) is 0 Å². The highest BCUT2D eigenvalue weighted by Gasteiger charge is 2.01. The fourth-order valence-corrected chi connectivity index (χ4v) is 1.22. The second kappa shape index (κ2) is 5.36. The highest BCUT2D eigenvalue weighted by Crippen LogP contribution is 2.09. The molecule has 0 aliphatic heterocycles. The molecule has 0 amide bonds. The molecule has 0 bridgehead atoms. The Kier molecular flexibility index (Phi) is 4.09. The topological polar surface area (TPSA) is 35.8 Å². The normalized spacial score (nSPS) is 9.79. The molecule has 0 atom stereocenters. The number of nitrogens with one attached hydrogen (secondary N) is 1. The lowest BCUT2D eigenvalue weighted by atomic mass is 10.1. The molecule has 14 heavy (non-hydrogen) atoms. The Bertz CT molecular complexity index is 342. The van der Waals surface area contributed by atoms with E-state index in [1.54, 1.807) is 12.1 Å². The maximum Gasteiger partial charge on any atom is 0.140 e. The van der Waals surface area contributed by atoms with Crippen molar-refractivity contribution in [2.75, 3.05) is 13.1 Å². The van der Waals surface area contributed by atoms with Crippen molar-refractivity contribution >= 4 is 0 Å². The van der Waals surface area contributed by atoms with Gasteiger partial charge in [-0.05, 0) is 37.2 Å². The van der Waals surface area contributed by atoms with E-state index in [1.165, 1.54) is 6.07 Å². The average Bonchev–Trinajstić information content (AvgIpc) is 2.21. The lowest BCUT2D eigenvalue weighted by Gasteiger charge is -2.02. The summed E-state index contributed by atoms with van der Waals surface area (Å²) in [4.78, 5) is 0. The number of nitriles is 1. The maximum atomic E-state index is 12.9. The minimum atomic E-state index is -0.445. The first kappa shape index (κ1) is 10.7. The van der Waals surface area contributed by atoms with Gasteiger partial charge in [-0.1, -0.05) is 13.0 Å². The molecular formula is C11H13FN2. The monoisotopic (exact) mass is 192 g/mol. The summed E-state index contributed by atoms with van der Waals surface area (Å²) in [5, 5.41) is 11.8. The van der Waals surface area contributed by atoms with Crippen molar-refractivity contribution in [1.29, 1.82) is 5.26 Å². The molecule has 0 heterocycles. The largest absolute Gasteiger partial charge is 0.317 e. The van der Waals surface area contributed by atoms with Gasteiger partial charge in [0.25, 0.3) is 0 Å². The van der Waals surface area contributed by atoms with Crippen LogP contribution in [0.4, 0.5) is 4.39 Å². The Hall–Kier alpha value is -1.40. The van der Waals surface area contributed by atoms with Crippen molar-refractivity contribution in [2.45, 2.75) is 13.3 Å². The highest BCUT2D eigenvalue weighted by atomic mass is 19.1. The first-order valence-electron chi connectivity index (χ1n) is 4.67. The van der Waals surface area contributed by atoms with Crippen LogP contribution in [0, 0.1) is 17.1 Å². The zero-order valence-electron chi connectivity index (χ0n) is 8.18. The highest BCUT2D eigenvalue weighted by molar-refractivity contribution is 5.34. The van der Waals surface area contributed by atoms with Crippen molar-refractivity contribution in [1.82, 2.24) is 5.32 Å². The number of halogens is 1. The lowest BCUT2D eigenvalue weighted by Crippen LogP contribution is -2.16. The SMILES string of the molecule is CCNCCc1ccc(F)c(C#N)c1. The summed E-state index contributed by atoms with van der Waals surface area (Å²) in [7, 11) is 0. The molecule has 1 N–H and O–H groups in total. The van der Waals surface area contributed by atoms with Gasteiger partial charge in [0.15, 0.2) is 0 Å². The van der Waals surface area contributed by atoms with Gasteiger partial charge in [-0.3, -0.25) is 0 Å². The number of benzene rings is 1. The van der Waals surface area contributed by atoms with Crippen LogP contribution in [0.15, 0.2) is 18.2 Å². The number of hydrogen-bond donors (Lipinski definition) is 1. The van der Waals surface area contributed by atoms with Crippen molar-refractivity contribution in [3.63, 3.8) is 0 Å². The van der Waals surface area contributed by atoms with Gasteiger partial charge in [0, 0.05) is 0 Å². The average molecular weight is 192 g/mol. The fraction of sp³-hybridized carbons (Fsp3) is 0.364. The van der Waals surface area contributed by atoms with Crippen LogP contribution in [0.25, 0.3) is 0 Å². The molecular weight excluding hydrogens is 179 g/mol. The van der Waals surface area contributed by atoms with E-state index in [0.717, 1.165) is 25.1 Å². The van der Waals surface area contributed by atoms with E-state index < -0.39 is 5.82 Å². The van der Waals surface area contributed by atoms with Crippen LogP contribution in [-0.2, 0) is 6.42 Å². The van der Waals surface area contributed by atoms with E-state index in [4.69, 9.17) is 5.26 Å². The molecule has 1 rings (SSSR count). The molecule has 0 aliphatic carbocycles. The van der Waals surface area contributed by atoms with Crippen LogP contribution < -0.4 is 5.32 Å². The van der Waals surface area contributed by atoms with E-state index in [0.29, 0.717) is 0 Å². The van der Waals surface area contributed by atoms with Gasteiger partial charge in [-0.25, -0.2) is 4.39 Å². The molecule has 0 saturated heterocycles. The Morgan fingerprint density at radius 3 is 2.93 bits per heavy atom. The zero-order valence-corrected chi connectivity index (χ0v) is 8.18. The summed E-state index contributed by atoms with van der Waals surface area (Å²) < 4.78 is 12.9. The van der Waals surface area contributed by atoms with Crippen molar-refractivity contribution in [2.24, 2.45) is 0 Å². The first-order valence-corrected chi connectivity index (χ1v) is 4.67. The van der Waals surface area contributed by atoms with Crippen molar-refractivity contribution < 1.29 is 4.39 Å². The third-order valence-corrected chi connectivity index (χ3v) is 1.99. The summed E-state index contributed by atoms with van der Waals surface area (Å²) in [6, 6.07) is 6.50. The molecule has 0 radical (unpaired) electrons. The van der Waals surface area contributed by atoms with E-state index in [-0.39, 0.29) is 5.56 Å². The summed E-state index contributed by atoms with van der Waals surface area (Å²) in [6.07, 6.45) is 0.822. The minimum absolute atomic E-state index is 0.124. The van der Waals surface area contributed by atoms with Gasteiger partial charge in [0.05, 0.1) is 5.56 Å². The molecule has 0 saturated carbocycles. The predicted octanol–water partition coefficient (Wildman–Crippen LogP) is 1.85. The number of hydrogen-bond acceptors (Lipinski definition) is 2.